The number of amides is 1. The van der Waals surface area contributed by atoms with Gasteiger partial charge >= 0.3 is 6.61 Å². The van der Waals surface area contributed by atoms with Crippen LogP contribution in [0.25, 0.3) is 11.3 Å². The third kappa shape index (κ3) is 7.36. The van der Waals surface area contributed by atoms with Crippen molar-refractivity contribution in [2.24, 2.45) is 5.41 Å². The molecule has 0 unspecified atom stereocenters. The van der Waals surface area contributed by atoms with Gasteiger partial charge in [0.15, 0.2) is 5.69 Å². The number of hydrogen-bond acceptors (Lipinski definition) is 8. The molecule has 3 N–H and O–H groups in total. The highest BCUT2D eigenvalue weighted by Crippen LogP contribution is 2.37. The lowest BCUT2D eigenvalue weighted by atomic mass is 9.82. The first-order valence-corrected chi connectivity index (χ1v) is 15.0. The summed E-state index contributed by atoms with van der Waals surface area (Å²) in [7, 11) is -3.41. The fraction of sp³-hybridized carbons (Fsp3) is 0.654. The largest absolute Gasteiger partial charge is 0.434 e. The maximum Gasteiger partial charge on any atom is 0.387 e. The lowest BCUT2D eigenvalue weighted by Crippen LogP contribution is -2.56. The highest BCUT2D eigenvalue weighted by molar-refractivity contribution is 7.91. The predicted molar refractivity (Wildman–Crippen MR) is 142 cm³/mol. The van der Waals surface area contributed by atoms with Gasteiger partial charge < -0.3 is 20.3 Å². The normalized spacial score (nSPS) is 21.9. The number of carbonyl (C=O) groups is 1. The molecule has 41 heavy (non-hydrogen) atoms. The minimum atomic E-state index is -3.41. The van der Waals surface area contributed by atoms with Gasteiger partial charge in [0.1, 0.15) is 21.2 Å². The molecule has 1 aliphatic carbocycles. The monoisotopic (exact) mass is 608 g/mol. The van der Waals surface area contributed by atoms with Crippen LogP contribution >= 0.6 is 0 Å². The number of nitrogens with one attached hydrogen (secondary N) is 1. The van der Waals surface area contributed by atoms with Crippen molar-refractivity contribution in [2.45, 2.75) is 89.9 Å². The van der Waals surface area contributed by atoms with Crippen LogP contribution < -0.4 is 10.1 Å². The molecule has 3 atom stereocenters. The van der Waals surface area contributed by atoms with Crippen LogP contribution in [0.4, 0.5) is 17.6 Å². The minimum Gasteiger partial charge on any atom is -0.434 e. The Balaban J connectivity index is 1.90. The van der Waals surface area contributed by atoms with E-state index in [-0.39, 0.29) is 72.7 Å². The van der Waals surface area contributed by atoms with E-state index in [9.17, 15) is 41.0 Å². The summed E-state index contributed by atoms with van der Waals surface area (Å²) < 4.78 is 83.2. The number of pyridine rings is 1. The van der Waals surface area contributed by atoms with Crippen molar-refractivity contribution in [3.05, 3.63) is 29.2 Å². The number of rotatable bonds is 11. The second kappa shape index (κ2) is 12.2. The molecule has 0 spiro atoms. The van der Waals surface area contributed by atoms with Crippen molar-refractivity contribution in [1.82, 2.24) is 20.1 Å². The fourth-order valence-electron chi connectivity index (χ4n) is 4.90. The average molecular weight is 609 g/mol. The highest BCUT2D eigenvalue weighted by Gasteiger charge is 2.44. The summed E-state index contributed by atoms with van der Waals surface area (Å²) in [5.74, 6) is -1.04. The van der Waals surface area contributed by atoms with Crippen molar-refractivity contribution < 1.29 is 45.7 Å². The van der Waals surface area contributed by atoms with Gasteiger partial charge in [0.2, 0.25) is 6.43 Å². The number of aryl methyl sites for hydroxylation is 1. The number of nitrogens with zero attached hydrogens (tertiary/aromatic N) is 3. The van der Waals surface area contributed by atoms with Gasteiger partial charge in [-0.15, -0.1) is 0 Å². The summed E-state index contributed by atoms with van der Waals surface area (Å²) in [5, 5.41) is 27.4. The molecule has 0 saturated heterocycles. The first-order chi connectivity index (χ1) is 18.9. The van der Waals surface area contributed by atoms with Crippen LogP contribution in [0.2, 0.25) is 0 Å². The molecule has 1 amide bonds. The van der Waals surface area contributed by atoms with Crippen LogP contribution in [-0.2, 0) is 22.8 Å². The quantitative estimate of drug-likeness (QED) is 0.330. The standard InChI is InChI=1S/C26H36F4N4O6S/c1-6-34-21(17-12-31-15(9-18(17)40-24(29)30)11-25(3,4)23(27)28)14(2)20(33-34)22(36)32-13-26(37)8-7-16(10-19(26)35)41(5,38)39/h9,12,16,19,23-24,35,37H,6-8,10-11,13H2,1-5H3,(H,32,36)/t16-,19-,26-/m0/s1. The average Bonchev–Trinajstić information content (AvgIpc) is 3.19. The van der Waals surface area contributed by atoms with Crippen LogP contribution in [0, 0.1) is 12.3 Å². The zero-order chi connectivity index (χ0) is 30.9. The van der Waals surface area contributed by atoms with Crippen LogP contribution in [0.15, 0.2) is 12.3 Å². The van der Waals surface area contributed by atoms with Crippen LogP contribution in [0.5, 0.6) is 5.75 Å². The first-order valence-electron chi connectivity index (χ1n) is 13.1. The number of sulfone groups is 1. The Morgan fingerprint density at radius 1 is 1.32 bits per heavy atom. The third-order valence-corrected chi connectivity index (χ3v) is 9.13. The summed E-state index contributed by atoms with van der Waals surface area (Å²) in [6, 6.07) is 1.17. The molecular formula is C26H36F4N4O6S. The van der Waals surface area contributed by atoms with Gasteiger partial charge in [-0.05, 0) is 33.1 Å². The fourth-order valence-corrected chi connectivity index (χ4v) is 5.98. The number of aliphatic hydroxyl groups is 2. The molecule has 0 aliphatic heterocycles. The van der Waals surface area contributed by atoms with Crippen molar-refractivity contribution in [3.63, 3.8) is 0 Å². The van der Waals surface area contributed by atoms with Gasteiger partial charge in [-0.2, -0.15) is 13.9 Å². The van der Waals surface area contributed by atoms with Crippen molar-refractivity contribution in [2.75, 3.05) is 12.8 Å². The van der Waals surface area contributed by atoms with E-state index in [1.54, 1.807) is 6.92 Å². The Kier molecular flexibility index (Phi) is 9.75. The molecule has 230 valence electrons. The molecule has 0 radical (unpaired) electrons. The Bertz CT molecular complexity index is 1370. The van der Waals surface area contributed by atoms with Crippen molar-refractivity contribution in [1.29, 1.82) is 0 Å². The molecule has 0 aromatic carbocycles. The summed E-state index contributed by atoms with van der Waals surface area (Å²) in [4.78, 5) is 17.3. The molecular weight excluding hydrogens is 572 g/mol. The van der Waals surface area contributed by atoms with Crippen LogP contribution in [0.1, 0.15) is 61.8 Å². The van der Waals surface area contributed by atoms with Gasteiger partial charge in [-0.3, -0.25) is 14.5 Å². The summed E-state index contributed by atoms with van der Waals surface area (Å²) in [6.07, 6.45) is -2.13. The lowest BCUT2D eigenvalue weighted by Gasteiger charge is -2.39. The van der Waals surface area contributed by atoms with E-state index >= 15 is 0 Å². The number of ether oxygens (including phenoxy) is 1. The first kappa shape index (κ1) is 32.7. The summed E-state index contributed by atoms with van der Waals surface area (Å²) in [6.45, 7) is 2.50. The second-order valence-corrected chi connectivity index (χ2v) is 13.5. The zero-order valence-electron chi connectivity index (χ0n) is 23.5. The number of hydrogen-bond donors (Lipinski definition) is 3. The van der Waals surface area contributed by atoms with Gasteiger partial charge in [0.05, 0.1) is 22.6 Å². The zero-order valence-corrected chi connectivity index (χ0v) is 24.3. The van der Waals surface area contributed by atoms with E-state index in [4.69, 9.17) is 4.74 Å². The third-order valence-electron chi connectivity index (χ3n) is 7.49. The minimum absolute atomic E-state index is 0.0610. The Labute approximate surface area is 236 Å². The van der Waals surface area contributed by atoms with E-state index in [2.05, 4.69) is 15.4 Å². The van der Waals surface area contributed by atoms with Gasteiger partial charge in [-0.1, -0.05) is 13.8 Å². The van der Waals surface area contributed by atoms with E-state index in [1.807, 2.05) is 0 Å². The SMILES string of the molecule is CCn1nc(C(=O)NC[C@@]2(O)CC[C@H](S(C)(=O)=O)C[C@@H]2O)c(C)c1-c1cnc(CC(C)(C)C(F)F)cc1OC(F)F. The smallest absolute Gasteiger partial charge is 0.387 e. The molecule has 1 fully saturated rings. The maximum atomic E-state index is 13.4. The van der Waals surface area contributed by atoms with Crippen LogP contribution in [-0.4, -0.2) is 82.1 Å². The predicted octanol–water partition coefficient (Wildman–Crippen LogP) is 3.13. The van der Waals surface area contributed by atoms with Gasteiger partial charge in [0, 0.05) is 54.7 Å². The molecule has 2 heterocycles. The van der Waals surface area contributed by atoms with Crippen LogP contribution in [0.3, 0.4) is 0 Å². The lowest BCUT2D eigenvalue weighted by molar-refractivity contribution is -0.0950. The summed E-state index contributed by atoms with van der Waals surface area (Å²) >= 11 is 0. The van der Waals surface area contributed by atoms with Crippen molar-refractivity contribution >= 4 is 15.7 Å². The number of halogens is 4. The topological polar surface area (TPSA) is 144 Å². The molecule has 0 bridgehead atoms. The number of aliphatic hydroxyl groups excluding tert-OH is 1. The molecule has 1 aliphatic rings. The van der Waals surface area contributed by atoms with Gasteiger partial charge in [0.25, 0.3) is 5.91 Å². The molecule has 3 rings (SSSR count). The summed E-state index contributed by atoms with van der Waals surface area (Å²) in [5.41, 5.74) is -2.61. The Morgan fingerprint density at radius 3 is 2.51 bits per heavy atom. The number of carbonyl (C=O) groups excluding carboxylic acids is 1. The molecule has 15 heteroatoms. The molecule has 2 aromatic heterocycles. The van der Waals surface area contributed by atoms with E-state index in [1.165, 1.54) is 37.7 Å². The maximum absolute atomic E-state index is 13.4. The highest BCUT2D eigenvalue weighted by atomic mass is 32.2. The molecule has 2 aromatic rings. The molecule has 10 nitrogen and oxygen atoms in total. The Hall–Kier alpha value is -2.78. The molecule has 1 saturated carbocycles. The van der Waals surface area contributed by atoms with Crippen molar-refractivity contribution in [3.8, 4) is 17.0 Å². The number of alkyl halides is 4. The van der Waals surface area contributed by atoms with E-state index in [0.717, 1.165) is 6.26 Å². The number of aromatic nitrogens is 3. The second-order valence-electron chi connectivity index (χ2n) is 11.2. The Morgan fingerprint density at radius 2 is 1.98 bits per heavy atom. The van der Waals surface area contributed by atoms with E-state index in [0.29, 0.717) is 0 Å². The van der Waals surface area contributed by atoms with Gasteiger partial charge in [-0.25, -0.2) is 17.2 Å². The van der Waals surface area contributed by atoms with E-state index < -0.39 is 51.2 Å².